The van der Waals surface area contributed by atoms with E-state index in [0.29, 0.717) is 4.99 Å². The van der Waals surface area contributed by atoms with Crippen LogP contribution in [0, 0.1) is 6.92 Å². The predicted molar refractivity (Wildman–Crippen MR) is 82.3 cm³/mol. The highest BCUT2D eigenvalue weighted by Gasteiger charge is 2.03. The molecule has 0 amide bonds. The molecule has 0 saturated heterocycles. The Labute approximate surface area is 120 Å². The average Bonchev–Trinajstić information content (AvgIpc) is 2.34. The highest BCUT2D eigenvalue weighted by atomic mass is 79.9. The lowest BCUT2D eigenvalue weighted by atomic mass is 10.2. The van der Waals surface area contributed by atoms with Crippen molar-refractivity contribution in [1.82, 2.24) is 4.98 Å². The zero-order valence-corrected chi connectivity index (χ0v) is 12.2. The summed E-state index contributed by atoms with van der Waals surface area (Å²) in [4.78, 5) is 4.62. The number of nitrogens with two attached hydrogens (primary N) is 1. The molecule has 0 fully saturated rings. The number of aromatic nitrogens is 1. The number of rotatable bonds is 3. The fourth-order valence-electron chi connectivity index (χ4n) is 1.47. The number of hydrogen-bond acceptors (Lipinski definition) is 3. The number of benzene rings is 1. The number of halogens is 1. The average molecular weight is 322 g/mol. The van der Waals surface area contributed by atoms with E-state index in [1.54, 1.807) is 6.20 Å². The minimum Gasteiger partial charge on any atom is -0.389 e. The van der Waals surface area contributed by atoms with Gasteiger partial charge >= 0.3 is 0 Å². The van der Waals surface area contributed by atoms with E-state index in [1.807, 2.05) is 37.3 Å². The molecule has 3 nitrogen and oxygen atoms in total. The van der Waals surface area contributed by atoms with Crippen LogP contribution in [0.25, 0.3) is 0 Å². The van der Waals surface area contributed by atoms with Crippen molar-refractivity contribution in [3.63, 3.8) is 0 Å². The van der Waals surface area contributed by atoms with Crippen LogP contribution in [0.3, 0.4) is 0 Å². The van der Waals surface area contributed by atoms with E-state index in [0.717, 1.165) is 27.1 Å². The molecule has 0 bridgehead atoms. The van der Waals surface area contributed by atoms with Crippen molar-refractivity contribution < 1.29 is 0 Å². The van der Waals surface area contributed by atoms with Crippen LogP contribution >= 0.6 is 28.1 Å². The quantitative estimate of drug-likeness (QED) is 0.849. The van der Waals surface area contributed by atoms with E-state index < -0.39 is 0 Å². The van der Waals surface area contributed by atoms with Crippen molar-refractivity contribution in [2.24, 2.45) is 5.73 Å². The van der Waals surface area contributed by atoms with Crippen molar-refractivity contribution in [2.45, 2.75) is 6.92 Å². The molecular weight excluding hydrogens is 310 g/mol. The summed E-state index contributed by atoms with van der Waals surface area (Å²) >= 11 is 8.42. The highest BCUT2D eigenvalue weighted by Crippen LogP contribution is 2.26. The number of pyridine rings is 1. The molecule has 0 unspecified atom stereocenters. The van der Waals surface area contributed by atoms with Crippen LogP contribution in [0.1, 0.15) is 11.3 Å². The number of hydrogen-bond donors (Lipinski definition) is 2. The Kier molecular flexibility index (Phi) is 3.93. The van der Waals surface area contributed by atoms with Gasteiger partial charge in [0.05, 0.1) is 17.6 Å². The van der Waals surface area contributed by atoms with Gasteiger partial charge in [0.25, 0.3) is 0 Å². The zero-order chi connectivity index (χ0) is 13.1. The Hall–Kier alpha value is -1.46. The van der Waals surface area contributed by atoms with E-state index >= 15 is 0 Å². The van der Waals surface area contributed by atoms with Crippen LogP contribution in [0.5, 0.6) is 0 Å². The maximum absolute atomic E-state index is 5.58. The maximum atomic E-state index is 5.58. The van der Waals surface area contributed by atoms with Crippen LogP contribution in [0.2, 0.25) is 0 Å². The second-order valence-corrected chi connectivity index (χ2v) is 5.17. The minimum absolute atomic E-state index is 0.388. The number of nitrogens with zero attached hydrogens (tertiary/aromatic N) is 1. The zero-order valence-electron chi connectivity index (χ0n) is 9.77. The number of nitrogens with one attached hydrogen (secondary N) is 1. The summed E-state index contributed by atoms with van der Waals surface area (Å²) in [5, 5.41) is 3.27. The second-order valence-electron chi connectivity index (χ2n) is 3.87. The molecule has 0 aliphatic rings. The third kappa shape index (κ3) is 3.05. The van der Waals surface area contributed by atoms with E-state index in [1.165, 1.54) is 0 Å². The Morgan fingerprint density at radius 3 is 2.67 bits per heavy atom. The summed E-state index contributed by atoms with van der Waals surface area (Å²) in [6.07, 6.45) is 1.79. The smallest absolute Gasteiger partial charge is 0.104 e. The van der Waals surface area contributed by atoms with Gasteiger partial charge in [-0.15, -0.1) is 0 Å². The molecule has 92 valence electrons. The monoisotopic (exact) mass is 321 g/mol. The molecule has 1 aromatic heterocycles. The van der Waals surface area contributed by atoms with Crippen molar-refractivity contribution in [3.05, 3.63) is 52.3 Å². The van der Waals surface area contributed by atoms with E-state index in [4.69, 9.17) is 18.0 Å². The van der Waals surface area contributed by atoms with Gasteiger partial charge in [-0.1, -0.05) is 12.2 Å². The molecule has 3 N–H and O–H groups in total. The molecule has 0 spiro atoms. The molecule has 18 heavy (non-hydrogen) atoms. The minimum atomic E-state index is 0.388. The molecular formula is C13H12BrN3S. The Balaban J connectivity index is 2.24. The standard InChI is InChI=1S/C13H12BrN3S/c1-8-2-4-10(7-16-8)17-12-5-3-9(13(15)18)6-11(12)14/h2-7,17H,1H3,(H2,15,18). The van der Waals surface area contributed by atoms with Gasteiger partial charge in [0.1, 0.15) is 4.99 Å². The fourth-order valence-corrected chi connectivity index (χ4v) is 2.07. The van der Waals surface area contributed by atoms with Gasteiger partial charge in [0, 0.05) is 15.7 Å². The topological polar surface area (TPSA) is 50.9 Å². The summed E-state index contributed by atoms with van der Waals surface area (Å²) in [7, 11) is 0. The molecule has 2 rings (SSSR count). The van der Waals surface area contributed by atoms with Gasteiger partial charge in [-0.05, 0) is 53.2 Å². The lowest BCUT2D eigenvalue weighted by Gasteiger charge is -2.09. The molecule has 0 radical (unpaired) electrons. The second kappa shape index (κ2) is 5.46. The van der Waals surface area contributed by atoms with Gasteiger partial charge in [-0.25, -0.2) is 0 Å². The fraction of sp³-hybridized carbons (Fsp3) is 0.0769. The third-order valence-corrected chi connectivity index (χ3v) is 3.34. The molecule has 0 saturated carbocycles. The first-order valence-corrected chi connectivity index (χ1v) is 6.55. The molecule has 0 atom stereocenters. The maximum Gasteiger partial charge on any atom is 0.104 e. The van der Waals surface area contributed by atoms with Gasteiger partial charge in [-0.2, -0.15) is 0 Å². The molecule has 0 aliphatic carbocycles. The lowest BCUT2D eigenvalue weighted by molar-refractivity contribution is 1.20. The highest BCUT2D eigenvalue weighted by molar-refractivity contribution is 9.10. The van der Waals surface area contributed by atoms with E-state index in [-0.39, 0.29) is 0 Å². The lowest BCUT2D eigenvalue weighted by Crippen LogP contribution is -2.09. The van der Waals surface area contributed by atoms with E-state index in [9.17, 15) is 0 Å². The summed E-state index contributed by atoms with van der Waals surface area (Å²) in [5.74, 6) is 0. The van der Waals surface area contributed by atoms with Gasteiger partial charge in [0.15, 0.2) is 0 Å². The van der Waals surface area contributed by atoms with Gasteiger partial charge < -0.3 is 11.1 Å². The Bertz CT molecular complexity index is 581. The van der Waals surface area contributed by atoms with Crippen LogP contribution in [-0.4, -0.2) is 9.97 Å². The van der Waals surface area contributed by atoms with Crippen LogP contribution in [0.15, 0.2) is 41.0 Å². The summed E-state index contributed by atoms with van der Waals surface area (Å²) in [6, 6.07) is 9.65. The first-order chi connectivity index (χ1) is 8.56. The Morgan fingerprint density at radius 1 is 1.33 bits per heavy atom. The first-order valence-electron chi connectivity index (χ1n) is 5.35. The first kappa shape index (κ1) is 13.0. The number of thiocarbonyl (C=S) groups is 1. The van der Waals surface area contributed by atoms with Gasteiger partial charge in [-0.3, -0.25) is 4.98 Å². The van der Waals surface area contributed by atoms with Crippen LogP contribution < -0.4 is 11.1 Å². The van der Waals surface area contributed by atoms with Gasteiger partial charge in [0.2, 0.25) is 0 Å². The normalized spacial score (nSPS) is 10.1. The summed E-state index contributed by atoms with van der Waals surface area (Å²) < 4.78 is 0.911. The Morgan fingerprint density at radius 2 is 2.11 bits per heavy atom. The molecule has 5 heteroatoms. The predicted octanol–water partition coefficient (Wildman–Crippen LogP) is 3.53. The van der Waals surface area contributed by atoms with Crippen molar-refractivity contribution in [1.29, 1.82) is 0 Å². The molecule has 1 aromatic carbocycles. The molecule has 0 aliphatic heterocycles. The van der Waals surface area contributed by atoms with Crippen molar-refractivity contribution >= 4 is 44.5 Å². The summed E-state index contributed by atoms with van der Waals surface area (Å²) in [6.45, 7) is 1.96. The van der Waals surface area contributed by atoms with Crippen LogP contribution in [-0.2, 0) is 0 Å². The molecule has 2 aromatic rings. The van der Waals surface area contributed by atoms with E-state index in [2.05, 4.69) is 26.2 Å². The van der Waals surface area contributed by atoms with Crippen LogP contribution in [0.4, 0.5) is 11.4 Å². The largest absolute Gasteiger partial charge is 0.389 e. The number of anilines is 2. The van der Waals surface area contributed by atoms with Crippen molar-refractivity contribution in [2.75, 3.05) is 5.32 Å². The van der Waals surface area contributed by atoms with Crippen molar-refractivity contribution in [3.8, 4) is 0 Å². The SMILES string of the molecule is Cc1ccc(Nc2ccc(C(N)=S)cc2Br)cn1. The number of aryl methyl sites for hydroxylation is 1. The summed E-state index contributed by atoms with van der Waals surface area (Å²) in [5.41, 5.74) is 9.29. The molecule has 1 heterocycles. The third-order valence-electron chi connectivity index (χ3n) is 2.44.